The molecule has 6 aliphatic heterocycles. The standard InChI is InChI=1S/C37H36N4O4/c1-9-23-19(3)27-15-28-21(5)25(11-13-35(42)44-7)33-18-34-26(12-14-36(43)45-8)22(6)30-17-32-24(10-2)20(4)29-16-31(23)38(27)37(39(29)32,40(28)33)41(30)34/h9-10,15-18H,1-2,11-14H2,3-8H3/q+2/t37-/m0/s1. The molecule has 0 aliphatic carbocycles. The van der Waals surface area contributed by atoms with Gasteiger partial charge in [0.2, 0.25) is 22.8 Å². The van der Waals surface area contributed by atoms with E-state index in [0.717, 1.165) is 78.3 Å². The third-order valence-electron chi connectivity index (χ3n) is 10.7. The average molecular weight is 601 g/mol. The van der Waals surface area contributed by atoms with Crippen molar-refractivity contribution in [2.75, 3.05) is 14.2 Å². The number of nitrogens with zero attached hydrogens (tertiary/aromatic N) is 4. The first kappa shape index (κ1) is 27.6. The molecule has 0 fully saturated rings. The lowest BCUT2D eigenvalue weighted by atomic mass is 9.96. The molecule has 45 heavy (non-hydrogen) atoms. The van der Waals surface area contributed by atoms with E-state index in [1.54, 1.807) is 0 Å². The lowest BCUT2D eigenvalue weighted by Crippen LogP contribution is -2.70. The first-order valence-corrected chi connectivity index (χ1v) is 15.4. The van der Waals surface area contributed by atoms with E-state index in [2.05, 4.69) is 83.4 Å². The van der Waals surface area contributed by atoms with Crippen molar-refractivity contribution in [2.24, 2.45) is 0 Å². The van der Waals surface area contributed by atoms with Gasteiger partial charge in [0.25, 0.3) is 0 Å². The number of carbonyl (C=O) groups excluding carboxylic acids is 2. The van der Waals surface area contributed by atoms with E-state index in [4.69, 9.17) is 9.47 Å². The zero-order valence-electron chi connectivity index (χ0n) is 26.6. The Bertz CT molecular complexity index is 2240. The molecule has 6 aliphatic rings. The smallest absolute Gasteiger partial charge is 0.469 e. The number of ether oxygens (including phenoxy) is 2. The number of rotatable bonds is 8. The Hall–Kier alpha value is -4.98. The molecule has 0 radical (unpaired) electrons. The molecule has 2 aromatic heterocycles. The number of esters is 2. The van der Waals surface area contributed by atoms with Crippen molar-refractivity contribution in [3.05, 3.63) is 97.3 Å². The quantitative estimate of drug-likeness (QED) is 0.340. The Morgan fingerprint density at radius 3 is 2.02 bits per heavy atom. The summed E-state index contributed by atoms with van der Waals surface area (Å²) in [7, 11) is 2.88. The highest BCUT2D eigenvalue weighted by Crippen LogP contribution is 2.51. The molecule has 8 heterocycles. The highest BCUT2D eigenvalue weighted by Gasteiger charge is 2.73. The summed E-state index contributed by atoms with van der Waals surface area (Å²) in [5.41, 5.74) is 15.7. The van der Waals surface area contributed by atoms with E-state index < -0.39 is 5.91 Å². The summed E-state index contributed by atoms with van der Waals surface area (Å²) in [6, 6.07) is 0. The van der Waals surface area contributed by atoms with Gasteiger partial charge >= 0.3 is 17.8 Å². The normalized spacial score (nSPS) is 20.8. The molecule has 0 unspecified atom stereocenters. The predicted octanol–water partition coefficient (Wildman–Crippen LogP) is 3.97. The SMILES string of the molecule is C=Cc1c(C)c2n3c1C=c1c(C)c(C=C)c4n1[C@@]31[N+]3=C(C=4)C(C)=C(CCC(=O)OC)C3=CC3=[N+]1C(=C2)C(C)=C3CCC(=O)OC. The van der Waals surface area contributed by atoms with E-state index in [1.807, 2.05) is 12.2 Å². The summed E-state index contributed by atoms with van der Waals surface area (Å²) < 4.78 is 20.0. The fourth-order valence-electron chi connectivity index (χ4n) is 8.55. The number of hydrogen-bond acceptors (Lipinski definition) is 4. The number of allylic oxidation sites excluding steroid dienone is 5. The minimum atomic E-state index is -0.863. The van der Waals surface area contributed by atoms with Crippen LogP contribution in [-0.2, 0) is 25.0 Å². The van der Waals surface area contributed by atoms with Crippen LogP contribution in [0.3, 0.4) is 0 Å². The van der Waals surface area contributed by atoms with Crippen molar-refractivity contribution in [3.63, 3.8) is 0 Å². The summed E-state index contributed by atoms with van der Waals surface area (Å²) in [6.07, 6.45) is 14.8. The first-order chi connectivity index (χ1) is 21.6. The van der Waals surface area contributed by atoms with Crippen LogP contribution >= 0.6 is 0 Å². The van der Waals surface area contributed by atoms with E-state index in [0.29, 0.717) is 12.8 Å². The Labute approximate surface area is 261 Å². The fraction of sp³-hybridized carbons (Fsp3) is 0.297. The van der Waals surface area contributed by atoms with Crippen molar-refractivity contribution in [1.29, 1.82) is 0 Å². The van der Waals surface area contributed by atoms with E-state index >= 15 is 0 Å². The van der Waals surface area contributed by atoms with Gasteiger partial charge in [-0.3, -0.25) is 9.59 Å². The number of hydrogen-bond donors (Lipinski definition) is 0. The molecule has 0 amide bonds. The third kappa shape index (κ3) is 3.02. The third-order valence-corrected chi connectivity index (χ3v) is 10.7. The van der Waals surface area contributed by atoms with Crippen LogP contribution in [0.15, 0.2) is 52.9 Å². The van der Waals surface area contributed by atoms with Crippen LogP contribution in [0.4, 0.5) is 0 Å². The molecule has 8 rings (SSSR count). The van der Waals surface area contributed by atoms with Crippen molar-refractivity contribution < 1.29 is 28.2 Å². The van der Waals surface area contributed by atoms with Gasteiger partial charge in [0.05, 0.1) is 42.4 Å². The molecule has 0 saturated heterocycles. The molecule has 0 saturated carbocycles. The monoisotopic (exact) mass is 600 g/mol. The second-order valence-electron chi connectivity index (χ2n) is 12.4. The summed E-state index contributed by atoms with van der Waals surface area (Å²) in [4.78, 5) is 24.9. The van der Waals surface area contributed by atoms with E-state index in [9.17, 15) is 9.59 Å². The van der Waals surface area contributed by atoms with Crippen LogP contribution in [-0.4, -0.2) is 55.9 Å². The van der Waals surface area contributed by atoms with Gasteiger partial charge in [-0.15, -0.1) is 0 Å². The van der Waals surface area contributed by atoms with E-state index in [1.165, 1.54) is 25.3 Å². The summed E-state index contributed by atoms with van der Waals surface area (Å²) in [6.45, 7) is 17.2. The average Bonchev–Trinajstić information content (AvgIpc) is 3.68. The summed E-state index contributed by atoms with van der Waals surface area (Å²) >= 11 is 0. The molecule has 0 bridgehead atoms. The van der Waals surface area contributed by atoms with Gasteiger partial charge in [0.1, 0.15) is 0 Å². The second-order valence-corrected chi connectivity index (χ2v) is 12.4. The highest BCUT2D eigenvalue weighted by atomic mass is 16.5. The highest BCUT2D eigenvalue weighted by molar-refractivity contribution is 6.20. The van der Waals surface area contributed by atoms with Gasteiger partial charge in [-0.25, -0.2) is 0 Å². The number of carbonyl (C=O) groups is 2. The summed E-state index contributed by atoms with van der Waals surface area (Å²) in [5, 5.41) is 2.22. The Kier molecular flexibility index (Phi) is 5.53. The predicted molar refractivity (Wildman–Crippen MR) is 174 cm³/mol. The lowest BCUT2D eigenvalue weighted by Gasteiger charge is -2.38. The Morgan fingerprint density at radius 1 is 0.733 bits per heavy atom. The van der Waals surface area contributed by atoms with Crippen LogP contribution < -0.4 is 10.7 Å². The van der Waals surface area contributed by atoms with Gasteiger partial charge in [-0.1, -0.05) is 34.5 Å². The molecular formula is C37H36N4O4+2. The van der Waals surface area contributed by atoms with Gasteiger partial charge in [0, 0.05) is 58.4 Å². The minimum absolute atomic E-state index is 0.232. The van der Waals surface area contributed by atoms with Gasteiger partial charge < -0.3 is 9.47 Å². The van der Waals surface area contributed by atoms with Crippen LogP contribution in [0.2, 0.25) is 0 Å². The van der Waals surface area contributed by atoms with Crippen LogP contribution in [0, 0.1) is 13.8 Å². The van der Waals surface area contributed by atoms with Crippen molar-refractivity contribution >= 4 is 53.7 Å². The number of methoxy groups -OCH3 is 2. The van der Waals surface area contributed by atoms with Crippen molar-refractivity contribution in [3.8, 4) is 0 Å². The van der Waals surface area contributed by atoms with Crippen molar-refractivity contribution in [1.82, 2.24) is 9.13 Å². The molecule has 8 heteroatoms. The molecular weight excluding hydrogens is 564 g/mol. The number of aromatic nitrogens is 2. The molecule has 8 nitrogen and oxygen atoms in total. The first-order valence-electron chi connectivity index (χ1n) is 15.4. The molecule has 0 N–H and O–H groups in total. The van der Waals surface area contributed by atoms with E-state index in [-0.39, 0.29) is 24.8 Å². The van der Waals surface area contributed by atoms with Crippen LogP contribution in [0.25, 0.3) is 30.4 Å². The molecule has 226 valence electrons. The Morgan fingerprint density at radius 2 is 1.38 bits per heavy atom. The Balaban J connectivity index is 1.55. The topological polar surface area (TPSA) is 68.5 Å². The maximum Gasteiger partial charge on any atom is 0.553 e. The van der Waals surface area contributed by atoms with Crippen molar-refractivity contribution in [2.45, 2.75) is 59.3 Å². The largest absolute Gasteiger partial charge is 0.553 e. The molecule has 0 aromatic carbocycles. The molecule has 1 spiro atoms. The lowest BCUT2D eigenvalue weighted by molar-refractivity contribution is -0.837. The minimum Gasteiger partial charge on any atom is -0.469 e. The molecule has 2 aromatic rings. The van der Waals surface area contributed by atoms with Crippen LogP contribution in [0.1, 0.15) is 73.2 Å². The van der Waals surface area contributed by atoms with Gasteiger partial charge in [0.15, 0.2) is 0 Å². The zero-order valence-corrected chi connectivity index (χ0v) is 26.6. The van der Waals surface area contributed by atoms with Gasteiger partial charge in [-0.2, -0.15) is 9.13 Å². The van der Waals surface area contributed by atoms with Gasteiger partial charge in [-0.05, 0) is 57.7 Å². The summed E-state index contributed by atoms with van der Waals surface area (Å²) in [5.74, 6) is -1.33. The second kappa shape index (κ2) is 9.03. The van der Waals surface area contributed by atoms with Crippen LogP contribution in [0.5, 0.6) is 0 Å². The maximum atomic E-state index is 12.4. The maximum absolute atomic E-state index is 12.4. The molecule has 1 atom stereocenters. The zero-order chi connectivity index (χ0) is 31.7. The fourth-order valence-corrected chi connectivity index (χ4v) is 8.55.